The van der Waals surface area contributed by atoms with Crippen LogP contribution in [-0.4, -0.2) is 60.6 Å². The second-order valence-corrected chi connectivity index (χ2v) is 5.75. The largest absolute Gasteiger partial charge is 0.494 e. The van der Waals surface area contributed by atoms with Gasteiger partial charge >= 0.3 is 6.03 Å². The number of carbonyl (C=O) groups excluding carboxylic acids is 1. The summed E-state index contributed by atoms with van der Waals surface area (Å²) in [4.78, 5) is 26.8. The first-order chi connectivity index (χ1) is 11.5. The summed E-state index contributed by atoms with van der Waals surface area (Å²) >= 11 is 0. The van der Waals surface area contributed by atoms with Gasteiger partial charge in [0.1, 0.15) is 5.75 Å². The van der Waals surface area contributed by atoms with Gasteiger partial charge in [-0.15, -0.1) is 0 Å². The standard InChI is InChI=1S/C16H24N4O4/c1-3-4-7-18-8-10-19(11-9-18)16(21)17-14-6-5-13(20(22)23)12-15(14)24-2/h5-6,12H,3-4,7-11H2,1-2H3,(H,17,21). The summed E-state index contributed by atoms with van der Waals surface area (Å²) in [5.74, 6) is 0.277. The highest BCUT2D eigenvalue weighted by atomic mass is 16.6. The van der Waals surface area contributed by atoms with Crippen molar-refractivity contribution in [1.82, 2.24) is 9.80 Å². The number of nitro groups is 1. The molecule has 8 nitrogen and oxygen atoms in total. The number of amides is 2. The van der Waals surface area contributed by atoms with Gasteiger partial charge in [0.15, 0.2) is 0 Å². The van der Waals surface area contributed by atoms with Crippen molar-refractivity contribution in [1.29, 1.82) is 0 Å². The molecule has 0 bridgehead atoms. The van der Waals surface area contributed by atoms with Crippen LogP contribution in [0.25, 0.3) is 0 Å². The number of benzene rings is 1. The number of carbonyl (C=O) groups is 1. The van der Waals surface area contributed by atoms with Crippen molar-refractivity contribution >= 4 is 17.4 Å². The molecule has 1 aliphatic rings. The zero-order valence-electron chi connectivity index (χ0n) is 14.2. The summed E-state index contributed by atoms with van der Waals surface area (Å²) in [6.07, 6.45) is 2.34. The fraction of sp³-hybridized carbons (Fsp3) is 0.562. The SMILES string of the molecule is CCCCN1CCN(C(=O)Nc2ccc([N+](=O)[O-])cc2OC)CC1. The first-order valence-corrected chi connectivity index (χ1v) is 8.16. The van der Waals surface area contributed by atoms with E-state index in [1.54, 1.807) is 4.90 Å². The number of nitro benzene ring substituents is 1. The maximum absolute atomic E-state index is 12.4. The maximum Gasteiger partial charge on any atom is 0.322 e. The number of methoxy groups -OCH3 is 1. The van der Waals surface area contributed by atoms with Gasteiger partial charge in [-0.3, -0.25) is 15.0 Å². The average Bonchev–Trinajstić information content (AvgIpc) is 2.60. The third kappa shape index (κ3) is 4.58. The lowest BCUT2D eigenvalue weighted by molar-refractivity contribution is -0.384. The Labute approximate surface area is 141 Å². The molecule has 1 N–H and O–H groups in total. The summed E-state index contributed by atoms with van der Waals surface area (Å²) in [7, 11) is 1.42. The van der Waals surface area contributed by atoms with E-state index in [0.717, 1.165) is 19.6 Å². The molecule has 24 heavy (non-hydrogen) atoms. The number of hydrogen-bond acceptors (Lipinski definition) is 5. The minimum absolute atomic E-state index is 0.0746. The van der Waals surface area contributed by atoms with Crippen LogP contribution in [0.2, 0.25) is 0 Å². The number of non-ortho nitro benzene ring substituents is 1. The van der Waals surface area contributed by atoms with Gasteiger partial charge in [-0.05, 0) is 19.0 Å². The molecular weight excluding hydrogens is 312 g/mol. The van der Waals surface area contributed by atoms with Gasteiger partial charge in [-0.2, -0.15) is 0 Å². The van der Waals surface area contributed by atoms with Crippen molar-refractivity contribution in [2.24, 2.45) is 0 Å². The van der Waals surface area contributed by atoms with E-state index in [-0.39, 0.29) is 17.5 Å². The highest BCUT2D eigenvalue weighted by Gasteiger charge is 2.22. The van der Waals surface area contributed by atoms with Gasteiger partial charge in [0, 0.05) is 32.2 Å². The van der Waals surface area contributed by atoms with Gasteiger partial charge in [-0.1, -0.05) is 13.3 Å². The van der Waals surface area contributed by atoms with Crippen molar-refractivity contribution in [3.63, 3.8) is 0 Å². The fourth-order valence-electron chi connectivity index (χ4n) is 2.65. The molecule has 1 saturated heterocycles. The summed E-state index contributed by atoms with van der Waals surface area (Å²) in [5, 5.41) is 13.6. The molecule has 0 spiro atoms. The number of nitrogens with one attached hydrogen (secondary N) is 1. The Morgan fingerprint density at radius 1 is 1.33 bits per heavy atom. The molecule has 1 aliphatic heterocycles. The number of anilines is 1. The number of unbranched alkanes of at least 4 members (excludes halogenated alkanes) is 1. The van der Waals surface area contributed by atoms with Crippen LogP contribution in [0, 0.1) is 10.1 Å². The zero-order chi connectivity index (χ0) is 17.5. The van der Waals surface area contributed by atoms with Crippen molar-refractivity contribution in [3.8, 4) is 5.75 Å². The molecule has 1 heterocycles. The van der Waals surface area contributed by atoms with E-state index in [0.29, 0.717) is 18.8 Å². The van der Waals surface area contributed by atoms with Crippen LogP contribution in [0.1, 0.15) is 19.8 Å². The van der Waals surface area contributed by atoms with E-state index in [9.17, 15) is 14.9 Å². The number of ether oxygens (including phenoxy) is 1. The Hall–Kier alpha value is -2.35. The lowest BCUT2D eigenvalue weighted by Gasteiger charge is -2.34. The predicted octanol–water partition coefficient (Wildman–Crippen LogP) is 2.55. The van der Waals surface area contributed by atoms with Crippen LogP contribution in [0.15, 0.2) is 18.2 Å². The van der Waals surface area contributed by atoms with E-state index >= 15 is 0 Å². The molecule has 8 heteroatoms. The first kappa shape index (κ1) is 18.0. The Morgan fingerprint density at radius 2 is 2.04 bits per heavy atom. The molecule has 2 rings (SSSR count). The topological polar surface area (TPSA) is 88.0 Å². The normalized spacial score (nSPS) is 15.2. The Bertz CT molecular complexity index is 585. The highest BCUT2D eigenvalue weighted by Crippen LogP contribution is 2.29. The van der Waals surface area contributed by atoms with Gasteiger partial charge in [0.05, 0.1) is 23.8 Å². The highest BCUT2D eigenvalue weighted by molar-refractivity contribution is 5.91. The summed E-state index contributed by atoms with van der Waals surface area (Å²) < 4.78 is 5.14. The molecule has 0 saturated carbocycles. The third-order valence-electron chi connectivity index (χ3n) is 4.12. The van der Waals surface area contributed by atoms with E-state index in [2.05, 4.69) is 17.1 Å². The van der Waals surface area contributed by atoms with Gasteiger partial charge in [0.2, 0.25) is 0 Å². The molecule has 0 aromatic heterocycles. The summed E-state index contributed by atoms with van der Waals surface area (Å²) in [6.45, 7) is 6.31. The molecule has 0 aliphatic carbocycles. The third-order valence-corrected chi connectivity index (χ3v) is 4.12. The number of piperazine rings is 1. The quantitative estimate of drug-likeness (QED) is 0.637. The molecule has 1 aromatic carbocycles. The Morgan fingerprint density at radius 3 is 2.62 bits per heavy atom. The lowest BCUT2D eigenvalue weighted by Crippen LogP contribution is -2.50. The first-order valence-electron chi connectivity index (χ1n) is 8.16. The molecule has 0 atom stereocenters. The van der Waals surface area contributed by atoms with Crippen LogP contribution in [-0.2, 0) is 0 Å². The van der Waals surface area contributed by atoms with Crippen molar-refractivity contribution in [2.75, 3.05) is 45.2 Å². The zero-order valence-corrected chi connectivity index (χ0v) is 14.2. The van der Waals surface area contributed by atoms with Crippen LogP contribution < -0.4 is 10.1 Å². The van der Waals surface area contributed by atoms with Crippen molar-refractivity contribution < 1.29 is 14.5 Å². The lowest BCUT2D eigenvalue weighted by atomic mass is 10.2. The van der Waals surface area contributed by atoms with Crippen molar-refractivity contribution in [3.05, 3.63) is 28.3 Å². The van der Waals surface area contributed by atoms with Crippen molar-refractivity contribution in [2.45, 2.75) is 19.8 Å². The van der Waals surface area contributed by atoms with Gasteiger partial charge in [0.25, 0.3) is 5.69 Å². The number of nitrogens with zero attached hydrogens (tertiary/aromatic N) is 3. The van der Waals surface area contributed by atoms with E-state index in [4.69, 9.17) is 4.74 Å². The smallest absolute Gasteiger partial charge is 0.322 e. The molecule has 132 valence electrons. The molecule has 0 unspecified atom stereocenters. The Balaban J connectivity index is 1.94. The van der Waals surface area contributed by atoms with Crippen LogP contribution in [0.5, 0.6) is 5.75 Å². The number of hydrogen-bond donors (Lipinski definition) is 1. The molecule has 1 aromatic rings. The predicted molar refractivity (Wildman–Crippen MR) is 91.6 cm³/mol. The fourth-order valence-corrected chi connectivity index (χ4v) is 2.65. The summed E-state index contributed by atoms with van der Waals surface area (Å²) in [5.41, 5.74) is 0.357. The second-order valence-electron chi connectivity index (χ2n) is 5.75. The monoisotopic (exact) mass is 336 g/mol. The van der Waals surface area contributed by atoms with Gasteiger partial charge in [-0.25, -0.2) is 4.79 Å². The van der Waals surface area contributed by atoms with Crippen LogP contribution in [0.3, 0.4) is 0 Å². The molecule has 2 amide bonds. The van der Waals surface area contributed by atoms with E-state index in [1.807, 2.05) is 0 Å². The number of rotatable bonds is 6. The van der Waals surface area contributed by atoms with Crippen LogP contribution in [0.4, 0.5) is 16.2 Å². The molecule has 1 fully saturated rings. The average molecular weight is 336 g/mol. The van der Waals surface area contributed by atoms with Crippen LogP contribution >= 0.6 is 0 Å². The van der Waals surface area contributed by atoms with E-state index < -0.39 is 4.92 Å². The minimum Gasteiger partial charge on any atom is -0.494 e. The van der Waals surface area contributed by atoms with Gasteiger partial charge < -0.3 is 15.0 Å². The molecular formula is C16H24N4O4. The number of urea groups is 1. The second kappa shape index (κ2) is 8.49. The maximum atomic E-state index is 12.4. The summed E-state index contributed by atoms with van der Waals surface area (Å²) in [6, 6.07) is 3.93. The Kier molecular flexibility index (Phi) is 6.36. The van der Waals surface area contributed by atoms with E-state index in [1.165, 1.54) is 38.2 Å². The minimum atomic E-state index is -0.496. The molecule has 0 radical (unpaired) electrons.